The van der Waals surface area contributed by atoms with E-state index in [1.807, 2.05) is 0 Å². The van der Waals surface area contributed by atoms with E-state index in [-0.39, 0.29) is 0 Å². The molecule has 0 aliphatic carbocycles. The number of rotatable bonds is 9. The van der Waals surface area contributed by atoms with Crippen LogP contribution in [-0.4, -0.2) is 49.1 Å². The number of hydrogen-bond acceptors (Lipinski definition) is 3. The summed E-state index contributed by atoms with van der Waals surface area (Å²) in [4.78, 5) is 2.57. The van der Waals surface area contributed by atoms with Crippen molar-refractivity contribution in [2.24, 2.45) is 0 Å². The second-order valence-electron chi connectivity index (χ2n) is 4.77. The molecule has 0 aromatic rings. The molecule has 1 unspecified atom stereocenters. The van der Waals surface area contributed by atoms with Gasteiger partial charge in [0.2, 0.25) is 0 Å². The minimum Gasteiger partial charge on any atom is -0.317 e. The van der Waals surface area contributed by atoms with Crippen molar-refractivity contribution in [1.29, 1.82) is 0 Å². The highest BCUT2D eigenvalue weighted by Crippen LogP contribution is 2.21. The van der Waals surface area contributed by atoms with E-state index in [1.165, 1.54) is 56.7 Å². The second kappa shape index (κ2) is 9.32. The van der Waals surface area contributed by atoms with Crippen LogP contribution in [0.15, 0.2) is 0 Å². The van der Waals surface area contributed by atoms with Crippen LogP contribution in [0.1, 0.15) is 39.0 Å². The summed E-state index contributed by atoms with van der Waals surface area (Å²) in [6, 6.07) is 0.867. The quantitative estimate of drug-likeness (QED) is 0.628. The Morgan fingerprint density at radius 2 is 2.06 bits per heavy atom. The van der Waals surface area contributed by atoms with E-state index in [0.29, 0.717) is 0 Å². The normalized spacial score (nSPS) is 20.8. The molecule has 16 heavy (non-hydrogen) atoms. The Bertz CT molecular complexity index is 158. The first-order valence-corrected chi connectivity index (χ1v) is 7.98. The molecule has 1 heterocycles. The Morgan fingerprint density at radius 3 is 2.75 bits per heavy atom. The summed E-state index contributed by atoms with van der Waals surface area (Å²) in [5.41, 5.74) is 0. The van der Waals surface area contributed by atoms with Crippen LogP contribution in [-0.2, 0) is 0 Å². The topological polar surface area (TPSA) is 15.3 Å². The molecule has 0 amide bonds. The first-order valence-electron chi connectivity index (χ1n) is 6.83. The monoisotopic (exact) mass is 244 g/mol. The molecule has 1 aliphatic rings. The molecule has 3 heteroatoms. The number of nitrogens with one attached hydrogen (secondary N) is 1. The molecule has 1 fully saturated rings. The SMILES string of the molecule is CCNCCCCCCN(C)C1CCSC1. The molecule has 96 valence electrons. The van der Waals surface area contributed by atoms with Gasteiger partial charge in [0.15, 0.2) is 0 Å². The van der Waals surface area contributed by atoms with Gasteiger partial charge in [0, 0.05) is 11.8 Å². The summed E-state index contributed by atoms with van der Waals surface area (Å²) in [5.74, 6) is 2.73. The molecule has 2 nitrogen and oxygen atoms in total. The van der Waals surface area contributed by atoms with Crippen LogP contribution >= 0.6 is 11.8 Å². The molecule has 1 rings (SSSR count). The van der Waals surface area contributed by atoms with E-state index in [0.717, 1.165) is 12.6 Å². The van der Waals surface area contributed by atoms with Gasteiger partial charge in [-0.15, -0.1) is 0 Å². The van der Waals surface area contributed by atoms with Gasteiger partial charge in [-0.3, -0.25) is 0 Å². The van der Waals surface area contributed by atoms with Crippen LogP contribution < -0.4 is 5.32 Å². The van der Waals surface area contributed by atoms with Gasteiger partial charge >= 0.3 is 0 Å². The summed E-state index contributed by atoms with van der Waals surface area (Å²) < 4.78 is 0. The highest BCUT2D eigenvalue weighted by Gasteiger charge is 2.18. The third-order valence-electron chi connectivity index (χ3n) is 3.39. The lowest BCUT2D eigenvalue weighted by Crippen LogP contribution is -2.32. The smallest absolute Gasteiger partial charge is 0.0191 e. The summed E-state index contributed by atoms with van der Waals surface area (Å²) >= 11 is 2.11. The molecular formula is C13H28N2S. The van der Waals surface area contributed by atoms with E-state index in [9.17, 15) is 0 Å². The molecular weight excluding hydrogens is 216 g/mol. The Morgan fingerprint density at radius 1 is 1.25 bits per heavy atom. The molecule has 0 saturated carbocycles. The molecule has 1 N–H and O–H groups in total. The standard InChI is InChI=1S/C13H28N2S/c1-3-14-9-6-4-5-7-10-15(2)13-8-11-16-12-13/h13-14H,3-12H2,1-2H3. The Labute approximate surface area is 106 Å². The van der Waals surface area contributed by atoms with Crippen molar-refractivity contribution in [3.63, 3.8) is 0 Å². The summed E-state index contributed by atoms with van der Waals surface area (Å²) in [5, 5.41) is 3.38. The molecule has 1 aliphatic heterocycles. The van der Waals surface area contributed by atoms with E-state index in [1.54, 1.807) is 0 Å². The average molecular weight is 244 g/mol. The van der Waals surface area contributed by atoms with Crippen LogP contribution in [0, 0.1) is 0 Å². The molecule has 0 aromatic carbocycles. The second-order valence-corrected chi connectivity index (χ2v) is 5.92. The van der Waals surface area contributed by atoms with Crippen molar-refractivity contribution < 1.29 is 0 Å². The van der Waals surface area contributed by atoms with Crippen LogP contribution in [0.5, 0.6) is 0 Å². The van der Waals surface area contributed by atoms with E-state index in [4.69, 9.17) is 0 Å². The maximum atomic E-state index is 3.38. The summed E-state index contributed by atoms with van der Waals surface area (Å²) in [6.45, 7) is 5.79. The van der Waals surface area contributed by atoms with E-state index >= 15 is 0 Å². The highest BCUT2D eigenvalue weighted by atomic mass is 32.2. The number of hydrogen-bond donors (Lipinski definition) is 1. The van der Waals surface area contributed by atoms with E-state index < -0.39 is 0 Å². The highest BCUT2D eigenvalue weighted by molar-refractivity contribution is 7.99. The van der Waals surface area contributed by atoms with Crippen LogP contribution in [0.2, 0.25) is 0 Å². The van der Waals surface area contributed by atoms with Crippen LogP contribution in [0.25, 0.3) is 0 Å². The minimum absolute atomic E-state index is 0.867. The zero-order valence-electron chi connectivity index (χ0n) is 11.0. The summed E-state index contributed by atoms with van der Waals surface area (Å²) in [6.07, 6.45) is 6.91. The third-order valence-corrected chi connectivity index (χ3v) is 4.54. The largest absolute Gasteiger partial charge is 0.317 e. The average Bonchev–Trinajstić information content (AvgIpc) is 2.81. The molecule has 1 saturated heterocycles. The van der Waals surface area contributed by atoms with Crippen LogP contribution in [0.4, 0.5) is 0 Å². The van der Waals surface area contributed by atoms with Gasteiger partial charge in [0.1, 0.15) is 0 Å². The first-order chi connectivity index (χ1) is 7.84. The third kappa shape index (κ3) is 6.12. The number of unbranched alkanes of at least 4 members (excludes halogenated alkanes) is 3. The van der Waals surface area contributed by atoms with Gasteiger partial charge in [0.25, 0.3) is 0 Å². The van der Waals surface area contributed by atoms with Gasteiger partial charge in [0.05, 0.1) is 0 Å². The Hall–Kier alpha value is 0.270. The maximum absolute atomic E-state index is 3.38. The van der Waals surface area contributed by atoms with Gasteiger partial charge in [-0.2, -0.15) is 11.8 Å². The number of thioether (sulfide) groups is 1. The fraction of sp³-hybridized carbons (Fsp3) is 1.00. The van der Waals surface area contributed by atoms with Crippen molar-refractivity contribution in [2.45, 2.75) is 45.1 Å². The fourth-order valence-electron chi connectivity index (χ4n) is 2.19. The molecule has 0 radical (unpaired) electrons. The van der Waals surface area contributed by atoms with Crippen molar-refractivity contribution >= 4 is 11.8 Å². The summed E-state index contributed by atoms with van der Waals surface area (Å²) in [7, 11) is 2.30. The lowest BCUT2D eigenvalue weighted by molar-refractivity contribution is 0.256. The molecule has 0 spiro atoms. The first kappa shape index (κ1) is 14.3. The lowest BCUT2D eigenvalue weighted by Gasteiger charge is -2.23. The number of nitrogens with zero attached hydrogens (tertiary/aromatic N) is 1. The molecule has 0 aromatic heterocycles. The lowest BCUT2D eigenvalue weighted by atomic mass is 10.1. The molecule has 1 atom stereocenters. The van der Waals surface area contributed by atoms with E-state index in [2.05, 4.69) is 35.9 Å². The predicted octanol–water partition coefficient (Wildman–Crippen LogP) is 2.59. The minimum atomic E-state index is 0.867. The van der Waals surface area contributed by atoms with Crippen molar-refractivity contribution in [3.05, 3.63) is 0 Å². The Kier molecular flexibility index (Phi) is 8.34. The molecule has 0 bridgehead atoms. The predicted molar refractivity (Wildman–Crippen MR) is 75.4 cm³/mol. The maximum Gasteiger partial charge on any atom is 0.0191 e. The van der Waals surface area contributed by atoms with Crippen molar-refractivity contribution in [1.82, 2.24) is 10.2 Å². The van der Waals surface area contributed by atoms with Gasteiger partial charge in [-0.25, -0.2) is 0 Å². The van der Waals surface area contributed by atoms with Gasteiger partial charge < -0.3 is 10.2 Å². The zero-order valence-corrected chi connectivity index (χ0v) is 11.8. The fourth-order valence-corrected chi connectivity index (χ4v) is 3.49. The Balaban J connectivity index is 1.86. The van der Waals surface area contributed by atoms with Crippen molar-refractivity contribution in [2.75, 3.05) is 38.2 Å². The van der Waals surface area contributed by atoms with Gasteiger partial charge in [-0.05, 0) is 51.7 Å². The van der Waals surface area contributed by atoms with Crippen LogP contribution in [0.3, 0.4) is 0 Å². The van der Waals surface area contributed by atoms with Gasteiger partial charge in [-0.1, -0.05) is 19.8 Å². The zero-order chi connectivity index (χ0) is 11.6. The van der Waals surface area contributed by atoms with Crippen molar-refractivity contribution in [3.8, 4) is 0 Å².